The molecule has 142 valence electrons. The Labute approximate surface area is 164 Å². The van der Waals surface area contributed by atoms with Crippen LogP contribution in [0.4, 0.5) is 0 Å². The number of benzene rings is 3. The summed E-state index contributed by atoms with van der Waals surface area (Å²) in [7, 11) is 0. The Morgan fingerprint density at radius 3 is 2.57 bits per heavy atom. The SMILES string of the molecule is Cc1ccc(COc2cccc(/C=N\NC(=O)[C@@H](O)c3ccccc3)c2)cc1. The van der Waals surface area contributed by atoms with Crippen molar-refractivity contribution < 1.29 is 14.6 Å². The van der Waals surface area contributed by atoms with E-state index in [0.29, 0.717) is 17.9 Å². The third-order valence-corrected chi connectivity index (χ3v) is 4.14. The number of rotatable bonds is 7. The molecular formula is C23H22N2O3. The van der Waals surface area contributed by atoms with Crippen molar-refractivity contribution in [3.05, 3.63) is 101 Å². The second kappa shape index (κ2) is 9.48. The van der Waals surface area contributed by atoms with Gasteiger partial charge in [0.2, 0.25) is 0 Å². The number of aliphatic hydroxyl groups excluding tert-OH is 1. The molecule has 1 atom stereocenters. The van der Waals surface area contributed by atoms with Crippen molar-refractivity contribution in [3.63, 3.8) is 0 Å². The lowest BCUT2D eigenvalue weighted by atomic mass is 10.1. The summed E-state index contributed by atoms with van der Waals surface area (Å²) in [6, 6.07) is 24.3. The Balaban J connectivity index is 1.55. The third kappa shape index (κ3) is 5.53. The van der Waals surface area contributed by atoms with Gasteiger partial charge in [0.25, 0.3) is 5.91 Å². The number of carbonyl (C=O) groups excluding carboxylic acids is 1. The summed E-state index contributed by atoms with van der Waals surface area (Å²) in [5, 5.41) is 13.9. The number of nitrogens with zero attached hydrogens (tertiary/aromatic N) is 1. The van der Waals surface area contributed by atoms with E-state index in [1.54, 1.807) is 24.3 Å². The molecule has 3 aromatic rings. The van der Waals surface area contributed by atoms with Gasteiger partial charge in [0, 0.05) is 0 Å². The normalized spacial score (nSPS) is 11.9. The number of ether oxygens (including phenoxy) is 1. The maximum Gasteiger partial charge on any atom is 0.273 e. The number of carbonyl (C=O) groups is 1. The predicted octanol–water partition coefficient (Wildman–Crippen LogP) is 3.76. The average Bonchev–Trinajstić information content (AvgIpc) is 2.73. The first-order chi connectivity index (χ1) is 13.6. The van der Waals surface area contributed by atoms with Crippen molar-refractivity contribution >= 4 is 12.1 Å². The molecule has 2 N–H and O–H groups in total. The number of aryl methyl sites for hydroxylation is 1. The molecule has 0 saturated carbocycles. The zero-order valence-corrected chi connectivity index (χ0v) is 15.6. The summed E-state index contributed by atoms with van der Waals surface area (Å²) in [4.78, 5) is 12.0. The van der Waals surface area contributed by atoms with Crippen LogP contribution >= 0.6 is 0 Å². The van der Waals surface area contributed by atoms with E-state index in [4.69, 9.17) is 4.74 Å². The van der Waals surface area contributed by atoms with Gasteiger partial charge in [-0.05, 0) is 35.7 Å². The Morgan fingerprint density at radius 2 is 1.82 bits per heavy atom. The number of amides is 1. The Hall–Kier alpha value is -3.44. The van der Waals surface area contributed by atoms with Crippen LogP contribution in [-0.4, -0.2) is 17.2 Å². The Kier molecular flexibility index (Phi) is 6.54. The largest absolute Gasteiger partial charge is 0.489 e. The van der Waals surface area contributed by atoms with Crippen LogP contribution < -0.4 is 10.2 Å². The van der Waals surface area contributed by atoms with Gasteiger partial charge >= 0.3 is 0 Å². The van der Waals surface area contributed by atoms with Crippen molar-refractivity contribution in [2.24, 2.45) is 5.10 Å². The minimum atomic E-state index is -1.26. The minimum absolute atomic E-state index is 0.473. The van der Waals surface area contributed by atoms with Gasteiger partial charge in [0.15, 0.2) is 6.10 Å². The van der Waals surface area contributed by atoms with Gasteiger partial charge in [-0.1, -0.05) is 72.3 Å². The lowest BCUT2D eigenvalue weighted by molar-refractivity contribution is -0.129. The molecule has 0 aliphatic heterocycles. The van der Waals surface area contributed by atoms with Crippen molar-refractivity contribution in [2.45, 2.75) is 19.6 Å². The average molecular weight is 374 g/mol. The molecule has 28 heavy (non-hydrogen) atoms. The van der Waals surface area contributed by atoms with Crippen molar-refractivity contribution in [3.8, 4) is 5.75 Å². The summed E-state index contributed by atoms with van der Waals surface area (Å²) in [6.07, 6.45) is 0.247. The van der Waals surface area contributed by atoms with E-state index in [0.717, 1.165) is 11.1 Å². The molecule has 3 aromatic carbocycles. The fourth-order valence-electron chi connectivity index (χ4n) is 2.55. The fraction of sp³-hybridized carbons (Fsp3) is 0.130. The summed E-state index contributed by atoms with van der Waals surface area (Å²) in [6.45, 7) is 2.52. The lowest BCUT2D eigenvalue weighted by Gasteiger charge is -2.09. The highest BCUT2D eigenvalue weighted by Crippen LogP contribution is 2.15. The molecule has 0 fully saturated rings. The van der Waals surface area contributed by atoms with Crippen LogP contribution in [0.1, 0.15) is 28.4 Å². The minimum Gasteiger partial charge on any atom is -0.489 e. The number of hydrogen-bond acceptors (Lipinski definition) is 4. The quantitative estimate of drug-likeness (QED) is 0.489. The lowest BCUT2D eigenvalue weighted by Crippen LogP contribution is -2.25. The zero-order chi connectivity index (χ0) is 19.8. The van der Waals surface area contributed by atoms with E-state index in [2.05, 4.69) is 10.5 Å². The van der Waals surface area contributed by atoms with Gasteiger partial charge in [0.05, 0.1) is 6.21 Å². The third-order valence-electron chi connectivity index (χ3n) is 4.14. The number of nitrogens with one attached hydrogen (secondary N) is 1. The summed E-state index contributed by atoms with van der Waals surface area (Å²) < 4.78 is 5.81. The molecule has 0 aliphatic carbocycles. The number of hydrogen-bond donors (Lipinski definition) is 2. The Morgan fingerprint density at radius 1 is 1.07 bits per heavy atom. The van der Waals surface area contributed by atoms with Crippen LogP contribution in [0.5, 0.6) is 5.75 Å². The number of aliphatic hydroxyl groups is 1. The van der Waals surface area contributed by atoms with Crippen molar-refractivity contribution in [1.29, 1.82) is 0 Å². The molecule has 0 radical (unpaired) electrons. The summed E-state index contributed by atoms with van der Waals surface area (Å²) >= 11 is 0. The van der Waals surface area contributed by atoms with E-state index >= 15 is 0 Å². The molecule has 1 amide bonds. The van der Waals surface area contributed by atoms with E-state index in [1.165, 1.54) is 11.8 Å². The summed E-state index contributed by atoms with van der Waals surface area (Å²) in [5.41, 5.74) is 5.94. The molecule has 0 saturated heterocycles. The van der Waals surface area contributed by atoms with Crippen molar-refractivity contribution in [2.75, 3.05) is 0 Å². The first kappa shape index (κ1) is 19.3. The smallest absolute Gasteiger partial charge is 0.273 e. The first-order valence-corrected chi connectivity index (χ1v) is 8.96. The van der Waals surface area contributed by atoms with Crippen LogP contribution in [0.25, 0.3) is 0 Å². The summed E-state index contributed by atoms with van der Waals surface area (Å²) in [5.74, 6) is 0.120. The molecule has 0 unspecified atom stereocenters. The van der Waals surface area contributed by atoms with Crippen LogP contribution in [0, 0.1) is 6.92 Å². The molecule has 0 aliphatic rings. The Bertz CT molecular complexity index is 938. The van der Waals surface area contributed by atoms with Gasteiger partial charge in [-0.25, -0.2) is 5.43 Å². The molecule has 0 aromatic heterocycles. The molecular weight excluding hydrogens is 352 g/mol. The van der Waals surface area contributed by atoms with Gasteiger partial charge in [-0.2, -0.15) is 5.10 Å². The molecule has 5 nitrogen and oxygen atoms in total. The molecule has 0 heterocycles. The van der Waals surface area contributed by atoms with Crippen LogP contribution in [0.3, 0.4) is 0 Å². The first-order valence-electron chi connectivity index (χ1n) is 8.96. The van der Waals surface area contributed by atoms with E-state index in [9.17, 15) is 9.90 Å². The van der Waals surface area contributed by atoms with Gasteiger partial charge in [-0.15, -0.1) is 0 Å². The van der Waals surface area contributed by atoms with E-state index < -0.39 is 12.0 Å². The van der Waals surface area contributed by atoms with E-state index in [1.807, 2.05) is 61.5 Å². The maximum absolute atomic E-state index is 12.0. The highest BCUT2D eigenvalue weighted by Gasteiger charge is 2.15. The monoisotopic (exact) mass is 374 g/mol. The van der Waals surface area contributed by atoms with Crippen LogP contribution in [0.2, 0.25) is 0 Å². The molecule has 3 rings (SSSR count). The second-order valence-corrected chi connectivity index (χ2v) is 6.39. The van der Waals surface area contributed by atoms with Crippen LogP contribution in [0.15, 0.2) is 84.0 Å². The maximum atomic E-state index is 12.0. The second-order valence-electron chi connectivity index (χ2n) is 6.39. The van der Waals surface area contributed by atoms with Gasteiger partial charge in [0.1, 0.15) is 12.4 Å². The van der Waals surface area contributed by atoms with Crippen molar-refractivity contribution in [1.82, 2.24) is 5.43 Å². The zero-order valence-electron chi connectivity index (χ0n) is 15.6. The van der Waals surface area contributed by atoms with Crippen LogP contribution in [-0.2, 0) is 11.4 Å². The van der Waals surface area contributed by atoms with Gasteiger partial charge < -0.3 is 9.84 Å². The van der Waals surface area contributed by atoms with E-state index in [-0.39, 0.29) is 0 Å². The highest BCUT2D eigenvalue weighted by molar-refractivity contribution is 5.85. The molecule has 0 spiro atoms. The number of hydrazone groups is 1. The topological polar surface area (TPSA) is 70.9 Å². The highest BCUT2D eigenvalue weighted by atomic mass is 16.5. The van der Waals surface area contributed by atoms with Gasteiger partial charge in [-0.3, -0.25) is 4.79 Å². The molecule has 5 heteroatoms. The predicted molar refractivity (Wildman–Crippen MR) is 109 cm³/mol. The standard InChI is InChI=1S/C23H22N2O3/c1-17-10-12-18(13-11-17)16-28-21-9-5-6-19(14-21)15-24-25-23(27)22(26)20-7-3-2-4-8-20/h2-15,22,26H,16H2,1H3,(H,25,27)/b24-15-/t22-/m0/s1. The molecule has 0 bridgehead atoms. The fourth-order valence-corrected chi connectivity index (χ4v) is 2.55.